The lowest BCUT2D eigenvalue weighted by molar-refractivity contribution is -0.139. The molecule has 0 aliphatic carbocycles. The highest BCUT2D eigenvalue weighted by atomic mass is 35.5. The molecule has 1 aromatic carbocycles. The fourth-order valence-electron chi connectivity index (χ4n) is 3.28. The largest absolute Gasteiger partial charge is 0.488 e. The van der Waals surface area contributed by atoms with Gasteiger partial charge in [0.1, 0.15) is 12.4 Å². The van der Waals surface area contributed by atoms with E-state index in [0.717, 1.165) is 44.6 Å². The Morgan fingerprint density at radius 1 is 1.48 bits per heavy atom. The van der Waals surface area contributed by atoms with Gasteiger partial charge in [-0.3, -0.25) is 14.6 Å². The van der Waals surface area contributed by atoms with Crippen LogP contribution in [0.1, 0.15) is 25.3 Å². The Labute approximate surface area is 154 Å². The molecule has 0 bridgehead atoms. The van der Waals surface area contributed by atoms with E-state index >= 15 is 0 Å². The van der Waals surface area contributed by atoms with Gasteiger partial charge in [0.25, 0.3) is 0 Å². The summed E-state index contributed by atoms with van der Waals surface area (Å²) in [5.41, 5.74) is 1.16. The van der Waals surface area contributed by atoms with Crippen LogP contribution >= 0.6 is 11.6 Å². The number of benzene rings is 1. The van der Waals surface area contributed by atoms with Crippen molar-refractivity contribution in [3.63, 3.8) is 0 Å². The van der Waals surface area contributed by atoms with E-state index in [1.165, 1.54) is 0 Å². The minimum atomic E-state index is -0.752. The van der Waals surface area contributed by atoms with Crippen LogP contribution in [0.2, 0.25) is 5.02 Å². The summed E-state index contributed by atoms with van der Waals surface area (Å²) in [6, 6.07) is 6.25. The molecule has 0 saturated carbocycles. The summed E-state index contributed by atoms with van der Waals surface area (Å²) in [5.74, 6) is -0.0750. The molecular formula is C19H27ClN2O3. The van der Waals surface area contributed by atoms with E-state index in [1.807, 2.05) is 25.1 Å². The van der Waals surface area contributed by atoms with Crippen molar-refractivity contribution in [2.75, 3.05) is 32.8 Å². The Balaban J connectivity index is 1.86. The SMILES string of the molecule is C=CCOc1ccc(CN2CCC(N(CC)CC(=O)O)CC2)cc1Cl. The van der Waals surface area contributed by atoms with Crippen molar-refractivity contribution in [3.8, 4) is 5.75 Å². The molecule has 0 atom stereocenters. The number of ether oxygens (including phenoxy) is 1. The number of likely N-dealkylation sites (tertiary alicyclic amines) is 1. The van der Waals surface area contributed by atoms with E-state index in [2.05, 4.69) is 16.4 Å². The number of rotatable bonds is 9. The molecule has 25 heavy (non-hydrogen) atoms. The molecule has 0 aromatic heterocycles. The van der Waals surface area contributed by atoms with Crippen LogP contribution in [0.3, 0.4) is 0 Å². The number of carboxylic acids is 1. The van der Waals surface area contributed by atoms with Gasteiger partial charge in [0, 0.05) is 12.6 Å². The van der Waals surface area contributed by atoms with Gasteiger partial charge in [0.05, 0.1) is 11.6 Å². The molecule has 1 fully saturated rings. The zero-order valence-corrected chi connectivity index (χ0v) is 15.5. The molecule has 1 aliphatic rings. The molecule has 1 N–H and O–H groups in total. The number of halogens is 1. The molecule has 2 rings (SSSR count). The van der Waals surface area contributed by atoms with Crippen molar-refractivity contribution in [2.45, 2.75) is 32.4 Å². The Morgan fingerprint density at radius 2 is 2.20 bits per heavy atom. The van der Waals surface area contributed by atoms with Gasteiger partial charge in [-0.25, -0.2) is 0 Å². The summed E-state index contributed by atoms with van der Waals surface area (Å²) < 4.78 is 5.50. The predicted molar refractivity (Wildman–Crippen MR) is 100 cm³/mol. The Kier molecular flexibility index (Phi) is 7.75. The molecule has 1 saturated heterocycles. The maximum Gasteiger partial charge on any atom is 0.317 e. The van der Waals surface area contributed by atoms with E-state index in [9.17, 15) is 4.79 Å². The smallest absolute Gasteiger partial charge is 0.317 e. The van der Waals surface area contributed by atoms with Crippen LogP contribution < -0.4 is 4.74 Å². The first kappa shape index (κ1) is 19.8. The highest BCUT2D eigenvalue weighted by Crippen LogP contribution is 2.27. The highest BCUT2D eigenvalue weighted by molar-refractivity contribution is 6.32. The maximum atomic E-state index is 11.0. The number of nitrogens with zero attached hydrogens (tertiary/aromatic N) is 2. The summed E-state index contributed by atoms with van der Waals surface area (Å²) in [6.07, 6.45) is 3.68. The lowest BCUT2D eigenvalue weighted by atomic mass is 10.0. The van der Waals surface area contributed by atoms with Crippen LogP contribution in [0, 0.1) is 0 Å². The molecular weight excluding hydrogens is 340 g/mol. The monoisotopic (exact) mass is 366 g/mol. The van der Waals surface area contributed by atoms with Crippen LogP contribution in [0.15, 0.2) is 30.9 Å². The Morgan fingerprint density at radius 3 is 2.76 bits per heavy atom. The number of carbonyl (C=O) groups is 1. The quantitative estimate of drug-likeness (QED) is 0.680. The fraction of sp³-hybridized carbons (Fsp3) is 0.526. The van der Waals surface area contributed by atoms with Gasteiger partial charge in [0.15, 0.2) is 0 Å². The van der Waals surface area contributed by atoms with Crippen molar-refractivity contribution < 1.29 is 14.6 Å². The predicted octanol–water partition coefficient (Wildman–Crippen LogP) is 3.28. The van der Waals surface area contributed by atoms with Crippen LogP contribution in [0.25, 0.3) is 0 Å². The van der Waals surface area contributed by atoms with Crippen molar-refractivity contribution >= 4 is 17.6 Å². The van der Waals surface area contributed by atoms with Crippen LogP contribution in [0.5, 0.6) is 5.75 Å². The summed E-state index contributed by atoms with van der Waals surface area (Å²) in [7, 11) is 0. The van der Waals surface area contributed by atoms with Crippen molar-refractivity contribution in [2.24, 2.45) is 0 Å². The zero-order valence-electron chi connectivity index (χ0n) is 14.8. The third-order valence-corrected chi connectivity index (χ3v) is 4.87. The van der Waals surface area contributed by atoms with Crippen LogP contribution in [0.4, 0.5) is 0 Å². The number of hydrogen-bond acceptors (Lipinski definition) is 4. The van der Waals surface area contributed by atoms with Gasteiger partial charge in [0.2, 0.25) is 0 Å². The average Bonchev–Trinajstić information content (AvgIpc) is 2.59. The zero-order chi connectivity index (χ0) is 18.2. The highest BCUT2D eigenvalue weighted by Gasteiger charge is 2.25. The van der Waals surface area contributed by atoms with Gasteiger partial charge in [-0.15, -0.1) is 0 Å². The van der Waals surface area contributed by atoms with Gasteiger partial charge in [-0.2, -0.15) is 0 Å². The first-order chi connectivity index (χ1) is 12.0. The second-order valence-electron chi connectivity index (χ2n) is 6.33. The minimum absolute atomic E-state index is 0.128. The van der Waals surface area contributed by atoms with Crippen molar-refractivity contribution in [1.29, 1.82) is 0 Å². The maximum absolute atomic E-state index is 11.0. The first-order valence-electron chi connectivity index (χ1n) is 8.73. The number of aliphatic carboxylic acids is 1. The molecule has 1 aliphatic heterocycles. The van der Waals surface area contributed by atoms with E-state index in [-0.39, 0.29) is 6.54 Å². The summed E-state index contributed by atoms with van der Waals surface area (Å²) in [4.78, 5) is 15.4. The molecule has 0 amide bonds. The summed E-state index contributed by atoms with van der Waals surface area (Å²) in [5, 5.41) is 9.63. The molecule has 1 heterocycles. The van der Waals surface area contributed by atoms with E-state index in [0.29, 0.717) is 23.4 Å². The lowest BCUT2D eigenvalue weighted by Crippen LogP contribution is -2.46. The number of likely N-dealkylation sites (N-methyl/N-ethyl adjacent to an activating group) is 1. The molecule has 0 radical (unpaired) electrons. The van der Waals surface area contributed by atoms with E-state index in [1.54, 1.807) is 6.08 Å². The summed E-state index contributed by atoms with van der Waals surface area (Å²) >= 11 is 6.27. The third kappa shape index (κ3) is 6.03. The summed E-state index contributed by atoms with van der Waals surface area (Å²) in [6.45, 7) is 9.77. The van der Waals surface area contributed by atoms with Crippen molar-refractivity contribution in [3.05, 3.63) is 41.4 Å². The van der Waals surface area contributed by atoms with E-state index in [4.69, 9.17) is 21.4 Å². The molecule has 1 aromatic rings. The molecule has 0 unspecified atom stereocenters. The number of piperidine rings is 1. The minimum Gasteiger partial charge on any atom is -0.488 e. The molecule has 138 valence electrons. The van der Waals surface area contributed by atoms with Crippen LogP contribution in [-0.2, 0) is 11.3 Å². The molecule has 5 nitrogen and oxygen atoms in total. The molecule has 0 spiro atoms. The second-order valence-corrected chi connectivity index (χ2v) is 6.74. The third-order valence-electron chi connectivity index (χ3n) is 4.58. The van der Waals surface area contributed by atoms with E-state index < -0.39 is 5.97 Å². The Hall–Kier alpha value is -1.56. The lowest BCUT2D eigenvalue weighted by Gasteiger charge is -2.37. The standard InChI is InChI=1S/C19H27ClN2O3/c1-3-11-25-18-6-5-15(12-17(18)20)13-21-9-7-16(8-10-21)22(4-2)14-19(23)24/h3,5-6,12,16H,1,4,7-11,13-14H2,2H3,(H,23,24). The Bertz CT molecular complexity index is 586. The topological polar surface area (TPSA) is 53.0 Å². The normalized spacial score (nSPS) is 16.1. The second kappa shape index (κ2) is 9.80. The number of hydrogen-bond donors (Lipinski definition) is 1. The number of carboxylic acid groups (broad SMARTS) is 1. The van der Waals surface area contributed by atoms with Gasteiger partial charge < -0.3 is 9.84 Å². The first-order valence-corrected chi connectivity index (χ1v) is 9.11. The van der Waals surface area contributed by atoms with Gasteiger partial charge in [-0.05, 0) is 50.2 Å². The van der Waals surface area contributed by atoms with Gasteiger partial charge in [-0.1, -0.05) is 37.2 Å². The van der Waals surface area contributed by atoms with Crippen molar-refractivity contribution in [1.82, 2.24) is 9.80 Å². The van der Waals surface area contributed by atoms with Crippen LogP contribution in [-0.4, -0.2) is 59.7 Å². The fourth-order valence-corrected chi connectivity index (χ4v) is 3.54. The van der Waals surface area contributed by atoms with Gasteiger partial charge >= 0.3 is 5.97 Å². The average molecular weight is 367 g/mol. The molecule has 6 heteroatoms.